The number of rotatable bonds is 5. The Balaban J connectivity index is 2.50. The van der Waals surface area contributed by atoms with Gasteiger partial charge in [-0.1, -0.05) is 0 Å². The number of likely N-dealkylation sites (N-methyl/N-ethyl adjacent to an activating group) is 1. The monoisotopic (exact) mass is 363 g/mol. The Labute approximate surface area is 143 Å². The van der Waals surface area contributed by atoms with Gasteiger partial charge < -0.3 is 19.7 Å². The third-order valence-corrected chi connectivity index (χ3v) is 2.49. The van der Waals surface area contributed by atoms with Crippen LogP contribution >= 0.6 is 0 Å². The van der Waals surface area contributed by atoms with Gasteiger partial charge in [-0.3, -0.25) is 4.79 Å². The van der Waals surface area contributed by atoms with Crippen LogP contribution in [0.5, 0.6) is 5.88 Å². The zero-order chi connectivity index (χ0) is 19.3. The highest BCUT2D eigenvalue weighted by molar-refractivity contribution is 5.93. The van der Waals surface area contributed by atoms with Crippen LogP contribution in [0.1, 0.15) is 20.8 Å². The molecule has 7 nitrogen and oxygen atoms in total. The molecule has 0 bridgehead atoms. The fourth-order valence-corrected chi connectivity index (χ4v) is 1.52. The predicted molar refractivity (Wildman–Crippen MR) is 83.3 cm³/mol. The van der Waals surface area contributed by atoms with E-state index >= 15 is 0 Å². The second kappa shape index (κ2) is 8.04. The van der Waals surface area contributed by atoms with E-state index in [2.05, 4.69) is 15.0 Å². The van der Waals surface area contributed by atoms with Crippen molar-refractivity contribution in [3.05, 3.63) is 18.3 Å². The van der Waals surface area contributed by atoms with Crippen LogP contribution in [0.25, 0.3) is 0 Å². The number of hydrogen-bond acceptors (Lipinski definition) is 5. The average molecular weight is 363 g/mol. The number of amides is 2. The van der Waals surface area contributed by atoms with E-state index in [-0.39, 0.29) is 18.1 Å². The van der Waals surface area contributed by atoms with E-state index in [0.29, 0.717) is 0 Å². The van der Waals surface area contributed by atoms with Gasteiger partial charge in [0, 0.05) is 13.1 Å². The van der Waals surface area contributed by atoms with Crippen molar-refractivity contribution in [3.63, 3.8) is 0 Å². The smallest absolute Gasteiger partial charge is 0.422 e. The molecule has 0 aromatic carbocycles. The number of ether oxygens (including phenoxy) is 2. The largest absolute Gasteiger partial charge is 0.468 e. The van der Waals surface area contributed by atoms with Crippen LogP contribution in [0.2, 0.25) is 0 Å². The molecule has 0 aliphatic heterocycles. The van der Waals surface area contributed by atoms with Crippen LogP contribution in [-0.4, -0.2) is 53.9 Å². The second-order valence-electron chi connectivity index (χ2n) is 6.17. The minimum Gasteiger partial charge on any atom is -0.468 e. The molecule has 10 heteroatoms. The van der Waals surface area contributed by atoms with E-state index in [1.165, 1.54) is 19.2 Å². The van der Waals surface area contributed by atoms with Crippen molar-refractivity contribution in [1.29, 1.82) is 0 Å². The number of halogens is 3. The Morgan fingerprint density at radius 1 is 1.24 bits per heavy atom. The minimum atomic E-state index is -4.46. The summed E-state index contributed by atoms with van der Waals surface area (Å²) in [6, 6.07) is 2.53. The number of nitrogens with zero attached hydrogens (tertiary/aromatic N) is 2. The fraction of sp³-hybridized carbons (Fsp3) is 0.533. The summed E-state index contributed by atoms with van der Waals surface area (Å²) in [4.78, 5) is 28.4. The van der Waals surface area contributed by atoms with Crippen LogP contribution < -0.4 is 10.1 Å². The molecule has 0 unspecified atom stereocenters. The number of hydrogen-bond donors (Lipinski definition) is 1. The van der Waals surface area contributed by atoms with Gasteiger partial charge in [0.05, 0.1) is 11.9 Å². The van der Waals surface area contributed by atoms with Crippen LogP contribution in [-0.2, 0) is 9.53 Å². The number of anilines is 1. The van der Waals surface area contributed by atoms with Crippen molar-refractivity contribution in [2.45, 2.75) is 32.5 Å². The van der Waals surface area contributed by atoms with Gasteiger partial charge in [-0.2, -0.15) is 13.2 Å². The van der Waals surface area contributed by atoms with E-state index in [4.69, 9.17) is 4.74 Å². The lowest BCUT2D eigenvalue weighted by Crippen LogP contribution is -2.38. The van der Waals surface area contributed by atoms with E-state index in [1.807, 2.05) is 0 Å². The van der Waals surface area contributed by atoms with E-state index < -0.39 is 30.4 Å². The topological polar surface area (TPSA) is 80.8 Å². The molecular weight excluding hydrogens is 343 g/mol. The predicted octanol–water partition coefficient (Wildman–Crippen LogP) is 2.83. The molecule has 25 heavy (non-hydrogen) atoms. The molecule has 1 N–H and O–H groups in total. The Morgan fingerprint density at radius 3 is 2.36 bits per heavy atom. The lowest BCUT2D eigenvalue weighted by molar-refractivity contribution is -0.154. The molecule has 1 aromatic rings. The van der Waals surface area contributed by atoms with Crippen molar-refractivity contribution >= 4 is 17.7 Å². The van der Waals surface area contributed by atoms with Gasteiger partial charge in [0.25, 0.3) is 0 Å². The van der Waals surface area contributed by atoms with Crippen molar-refractivity contribution in [1.82, 2.24) is 9.88 Å². The Hall–Kier alpha value is -2.52. The number of aromatic nitrogens is 1. The lowest BCUT2D eigenvalue weighted by Gasteiger charge is -2.24. The molecule has 0 spiro atoms. The summed E-state index contributed by atoms with van der Waals surface area (Å²) < 4.78 is 45.7. The highest BCUT2D eigenvalue weighted by Gasteiger charge is 2.28. The third-order valence-electron chi connectivity index (χ3n) is 2.49. The quantitative estimate of drug-likeness (QED) is 0.870. The van der Waals surface area contributed by atoms with Crippen molar-refractivity contribution in [2.75, 3.05) is 25.5 Å². The summed E-state index contributed by atoms with van der Waals surface area (Å²) in [5.74, 6) is -0.736. The summed E-state index contributed by atoms with van der Waals surface area (Å²) in [6.45, 7) is 3.39. The van der Waals surface area contributed by atoms with Crippen molar-refractivity contribution < 1.29 is 32.2 Å². The maximum Gasteiger partial charge on any atom is 0.422 e. The number of alkyl halides is 3. The van der Waals surface area contributed by atoms with E-state index in [0.717, 1.165) is 11.1 Å². The van der Waals surface area contributed by atoms with Gasteiger partial charge in [0.2, 0.25) is 11.8 Å². The highest BCUT2D eigenvalue weighted by atomic mass is 19.4. The van der Waals surface area contributed by atoms with Gasteiger partial charge >= 0.3 is 12.3 Å². The molecule has 0 radical (unpaired) electrons. The first-order valence-corrected chi connectivity index (χ1v) is 7.25. The Kier molecular flexibility index (Phi) is 6.60. The number of pyridine rings is 1. The molecule has 0 aliphatic rings. The van der Waals surface area contributed by atoms with Crippen LogP contribution in [0, 0.1) is 0 Å². The molecule has 2 amide bonds. The number of carbonyl (C=O) groups excluding carboxylic acids is 2. The molecule has 0 aliphatic carbocycles. The Morgan fingerprint density at radius 2 is 1.88 bits per heavy atom. The van der Waals surface area contributed by atoms with Crippen molar-refractivity contribution in [2.24, 2.45) is 0 Å². The molecule has 1 heterocycles. The Bertz CT molecular complexity index is 598. The first-order chi connectivity index (χ1) is 11.4. The SMILES string of the molecule is CN(CC(=O)Nc1ccc(OCC(F)(F)F)nc1)C(=O)OC(C)(C)C. The van der Waals surface area contributed by atoms with Crippen LogP contribution in [0.3, 0.4) is 0 Å². The fourth-order valence-electron chi connectivity index (χ4n) is 1.52. The third kappa shape index (κ3) is 8.77. The zero-order valence-electron chi connectivity index (χ0n) is 14.3. The van der Waals surface area contributed by atoms with Gasteiger partial charge in [0.1, 0.15) is 12.1 Å². The maximum atomic E-state index is 12.0. The molecule has 1 rings (SSSR count). The lowest BCUT2D eigenvalue weighted by atomic mass is 10.2. The molecule has 140 valence electrons. The minimum absolute atomic E-state index is 0.221. The molecule has 0 fully saturated rings. The summed E-state index contributed by atoms with van der Waals surface area (Å²) >= 11 is 0. The first kappa shape index (κ1) is 20.5. The van der Waals surface area contributed by atoms with Gasteiger partial charge in [-0.05, 0) is 26.8 Å². The standard InChI is InChI=1S/C15H20F3N3O4/c1-14(2,3)25-13(23)21(4)8-11(22)20-10-5-6-12(19-7-10)24-9-15(16,17)18/h5-7H,8-9H2,1-4H3,(H,20,22). The first-order valence-electron chi connectivity index (χ1n) is 7.25. The summed E-state index contributed by atoms with van der Waals surface area (Å²) in [7, 11) is 1.40. The average Bonchev–Trinajstić information content (AvgIpc) is 2.43. The molecule has 0 atom stereocenters. The molecular formula is C15H20F3N3O4. The summed E-state index contributed by atoms with van der Waals surface area (Å²) in [6.07, 6.45) is -3.96. The zero-order valence-corrected chi connectivity index (χ0v) is 14.3. The molecule has 0 saturated heterocycles. The summed E-state index contributed by atoms with van der Waals surface area (Å²) in [5, 5.41) is 2.46. The maximum absolute atomic E-state index is 12.0. The van der Waals surface area contributed by atoms with Gasteiger partial charge in [-0.15, -0.1) is 0 Å². The van der Waals surface area contributed by atoms with E-state index in [9.17, 15) is 22.8 Å². The second-order valence-corrected chi connectivity index (χ2v) is 6.17. The number of carbonyl (C=O) groups is 2. The summed E-state index contributed by atoms with van der Waals surface area (Å²) in [5.41, 5.74) is -0.431. The van der Waals surface area contributed by atoms with Crippen molar-refractivity contribution in [3.8, 4) is 5.88 Å². The van der Waals surface area contributed by atoms with Crippen LogP contribution in [0.15, 0.2) is 18.3 Å². The van der Waals surface area contributed by atoms with Gasteiger partial charge in [-0.25, -0.2) is 9.78 Å². The van der Waals surface area contributed by atoms with E-state index in [1.54, 1.807) is 20.8 Å². The van der Waals surface area contributed by atoms with Crippen LogP contribution in [0.4, 0.5) is 23.7 Å². The number of nitrogens with one attached hydrogen (secondary N) is 1. The molecule has 1 aromatic heterocycles. The normalized spacial score (nSPS) is 11.6. The van der Waals surface area contributed by atoms with Gasteiger partial charge in [0.15, 0.2) is 6.61 Å². The highest BCUT2D eigenvalue weighted by Crippen LogP contribution is 2.18. The molecule has 0 saturated carbocycles.